The summed E-state index contributed by atoms with van der Waals surface area (Å²) in [5.74, 6) is -2.58. The molecule has 1 aromatic rings. The average Bonchev–Trinajstić information content (AvgIpc) is 2.60. The number of hydrogen-bond donors (Lipinski definition) is 2. The van der Waals surface area contributed by atoms with Gasteiger partial charge in [0.05, 0.1) is 11.7 Å². The minimum absolute atomic E-state index is 0.159. The Morgan fingerprint density at radius 2 is 1.79 bits per heavy atom. The highest BCUT2D eigenvalue weighted by Crippen LogP contribution is 2.19. The van der Waals surface area contributed by atoms with E-state index in [1.807, 2.05) is 6.07 Å². The van der Waals surface area contributed by atoms with Crippen LogP contribution in [0.3, 0.4) is 0 Å². The number of rotatable bonds is 7. The second-order valence-corrected chi connectivity index (χ2v) is 10.3. The monoisotopic (exact) mass is 426 g/mol. The van der Waals surface area contributed by atoms with Gasteiger partial charge in [0, 0.05) is 19.1 Å². The van der Waals surface area contributed by atoms with Gasteiger partial charge in [0.1, 0.15) is 5.60 Å². The van der Waals surface area contributed by atoms with Crippen LogP contribution in [0.15, 0.2) is 30.3 Å². The molecule has 8 nitrogen and oxygen atoms in total. The van der Waals surface area contributed by atoms with Gasteiger partial charge in [-0.1, -0.05) is 30.3 Å². The van der Waals surface area contributed by atoms with Crippen molar-refractivity contribution >= 4 is 22.1 Å². The molecule has 1 atom stereocenters. The van der Waals surface area contributed by atoms with Crippen molar-refractivity contribution in [3.05, 3.63) is 35.9 Å². The van der Waals surface area contributed by atoms with Crippen molar-refractivity contribution in [2.24, 2.45) is 5.92 Å². The number of piperidine rings is 1. The van der Waals surface area contributed by atoms with Gasteiger partial charge in [-0.05, 0) is 45.6 Å². The van der Waals surface area contributed by atoms with Gasteiger partial charge >= 0.3 is 12.1 Å². The summed E-state index contributed by atoms with van der Waals surface area (Å²) >= 11 is 0. The first kappa shape index (κ1) is 23.2. The molecule has 2 rings (SSSR count). The second-order valence-electron chi connectivity index (χ2n) is 8.32. The third-order valence-corrected chi connectivity index (χ3v) is 6.63. The molecule has 0 aliphatic carbocycles. The fraction of sp³-hybridized carbons (Fsp3) is 0.600. The normalized spacial score (nSPS) is 17.5. The number of alkyl carbamates (subject to hydrolysis) is 1. The van der Waals surface area contributed by atoms with E-state index < -0.39 is 39.4 Å². The van der Waals surface area contributed by atoms with Gasteiger partial charge in [0.15, 0.2) is 0 Å². The van der Waals surface area contributed by atoms with Crippen LogP contribution in [0.2, 0.25) is 0 Å². The number of amides is 1. The average molecular weight is 427 g/mol. The molecule has 1 saturated heterocycles. The topological polar surface area (TPSA) is 113 Å². The molecule has 1 fully saturated rings. The maximum atomic E-state index is 12.8. The lowest BCUT2D eigenvalue weighted by Gasteiger charge is -2.32. The number of nitrogens with one attached hydrogen (secondary N) is 1. The molecule has 0 saturated carbocycles. The third-order valence-electron chi connectivity index (χ3n) is 4.65. The summed E-state index contributed by atoms with van der Waals surface area (Å²) in [6, 6.07) is 8.82. The number of nitrogens with zero attached hydrogens (tertiary/aromatic N) is 1. The van der Waals surface area contributed by atoms with E-state index in [1.165, 1.54) is 4.31 Å². The summed E-state index contributed by atoms with van der Waals surface area (Å²) < 4.78 is 32.1. The summed E-state index contributed by atoms with van der Waals surface area (Å²) in [5.41, 5.74) is 0.189. The van der Waals surface area contributed by atoms with Crippen LogP contribution in [0.25, 0.3) is 0 Å². The maximum Gasteiger partial charge on any atom is 0.407 e. The van der Waals surface area contributed by atoms with E-state index in [2.05, 4.69) is 5.32 Å². The molecule has 0 bridgehead atoms. The first-order valence-corrected chi connectivity index (χ1v) is 11.3. The Kier molecular flexibility index (Phi) is 7.65. The number of aliphatic carboxylic acids is 1. The smallest absolute Gasteiger partial charge is 0.407 e. The number of hydrogen-bond acceptors (Lipinski definition) is 5. The Labute approximate surface area is 172 Å². The lowest BCUT2D eigenvalue weighted by molar-refractivity contribution is -0.140. The molecular weight excluding hydrogens is 396 g/mol. The highest BCUT2D eigenvalue weighted by molar-refractivity contribution is 7.89. The van der Waals surface area contributed by atoms with Crippen molar-refractivity contribution in [1.29, 1.82) is 0 Å². The van der Waals surface area contributed by atoms with Gasteiger partial charge in [-0.3, -0.25) is 4.79 Å². The lowest BCUT2D eigenvalue weighted by Crippen LogP contribution is -2.48. The third kappa shape index (κ3) is 7.66. The molecule has 0 aromatic heterocycles. The maximum absolute atomic E-state index is 12.8. The summed E-state index contributed by atoms with van der Waals surface area (Å²) in [6.45, 7) is 5.79. The van der Waals surface area contributed by atoms with Crippen molar-refractivity contribution in [2.75, 3.05) is 18.8 Å². The minimum atomic E-state index is -3.72. The van der Waals surface area contributed by atoms with Crippen molar-refractivity contribution in [3.8, 4) is 0 Å². The number of benzene rings is 1. The van der Waals surface area contributed by atoms with E-state index in [-0.39, 0.29) is 25.6 Å². The fourth-order valence-electron chi connectivity index (χ4n) is 3.23. The summed E-state index contributed by atoms with van der Waals surface area (Å²) in [4.78, 5) is 23.5. The van der Waals surface area contributed by atoms with E-state index in [4.69, 9.17) is 4.74 Å². The minimum Gasteiger partial charge on any atom is -0.481 e. The largest absolute Gasteiger partial charge is 0.481 e. The second kappa shape index (κ2) is 9.58. The molecule has 0 spiro atoms. The van der Waals surface area contributed by atoms with Crippen LogP contribution in [0, 0.1) is 5.92 Å². The summed E-state index contributed by atoms with van der Waals surface area (Å²) in [7, 11) is -3.72. The SMILES string of the molecule is CC(C)(C)OC(=O)NC1CCN(S(=O)(=O)C[C@H](Cc2ccccc2)C(=O)O)CC1. The van der Waals surface area contributed by atoms with Crippen LogP contribution >= 0.6 is 0 Å². The molecule has 1 aliphatic rings. The molecule has 162 valence electrons. The van der Waals surface area contributed by atoms with Gasteiger partial charge in [-0.2, -0.15) is 0 Å². The van der Waals surface area contributed by atoms with E-state index in [9.17, 15) is 23.1 Å². The Balaban J connectivity index is 1.91. The molecule has 29 heavy (non-hydrogen) atoms. The molecule has 9 heteroatoms. The number of carboxylic acids is 1. The Hall–Kier alpha value is -2.13. The van der Waals surface area contributed by atoms with Crippen molar-refractivity contribution in [3.63, 3.8) is 0 Å². The van der Waals surface area contributed by atoms with Crippen LogP contribution < -0.4 is 5.32 Å². The zero-order valence-corrected chi connectivity index (χ0v) is 17.9. The number of carboxylic acid groups (broad SMARTS) is 1. The van der Waals surface area contributed by atoms with Crippen LogP contribution in [0.5, 0.6) is 0 Å². The zero-order valence-electron chi connectivity index (χ0n) is 17.1. The van der Waals surface area contributed by atoms with Crippen LogP contribution in [0.1, 0.15) is 39.2 Å². The van der Waals surface area contributed by atoms with E-state index in [0.29, 0.717) is 12.8 Å². The van der Waals surface area contributed by atoms with Crippen LogP contribution in [-0.2, 0) is 26.0 Å². The lowest BCUT2D eigenvalue weighted by atomic mass is 10.0. The predicted octanol–water partition coefficient (Wildman–Crippen LogP) is 2.25. The van der Waals surface area contributed by atoms with Crippen molar-refractivity contribution in [1.82, 2.24) is 9.62 Å². The van der Waals surface area contributed by atoms with Crippen molar-refractivity contribution in [2.45, 2.75) is 51.7 Å². The Morgan fingerprint density at radius 3 is 2.31 bits per heavy atom. The van der Waals surface area contributed by atoms with Gasteiger partial charge in [0.25, 0.3) is 0 Å². The van der Waals surface area contributed by atoms with Gasteiger partial charge in [-0.25, -0.2) is 17.5 Å². The van der Waals surface area contributed by atoms with Gasteiger partial charge in [0.2, 0.25) is 10.0 Å². The molecule has 1 aromatic carbocycles. The van der Waals surface area contributed by atoms with Crippen molar-refractivity contribution < 1.29 is 27.9 Å². The molecule has 0 radical (unpaired) electrons. The molecule has 1 heterocycles. The molecule has 1 aliphatic heterocycles. The highest BCUT2D eigenvalue weighted by atomic mass is 32.2. The predicted molar refractivity (Wildman–Crippen MR) is 109 cm³/mol. The van der Waals surface area contributed by atoms with E-state index in [0.717, 1.165) is 5.56 Å². The Bertz CT molecular complexity index is 796. The van der Waals surface area contributed by atoms with Crippen LogP contribution in [0.4, 0.5) is 4.79 Å². The highest BCUT2D eigenvalue weighted by Gasteiger charge is 2.33. The number of carbonyl (C=O) groups excluding carboxylic acids is 1. The molecule has 1 amide bonds. The zero-order chi connectivity index (χ0) is 21.7. The van der Waals surface area contributed by atoms with Gasteiger partial charge < -0.3 is 15.2 Å². The fourth-order valence-corrected chi connectivity index (χ4v) is 4.98. The quantitative estimate of drug-likeness (QED) is 0.691. The Morgan fingerprint density at radius 1 is 1.21 bits per heavy atom. The number of sulfonamides is 1. The van der Waals surface area contributed by atoms with E-state index in [1.54, 1.807) is 45.0 Å². The first-order valence-electron chi connectivity index (χ1n) is 9.70. The first-order chi connectivity index (χ1) is 13.5. The van der Waals surface area contributed by atoms with E-state index >= 15 is 0 Å². The number of carbonyl (C=O) groups is 2. The van der Waals surface area contributed by atoms with Crippen LogP contribution in [-0.4, -0.2) is 60.4 Å². The summed E-state index contributed by atoms with van der Waals surface area (Å²) in [5, 5.41) is 12.2. The summed E-state index contributed by atoms with van der Waals surface area (Å²) in [6.07, 6.45) is 0.545. The van der Waals surface area contributed by atoms with Gasteiger partial charge in [-0.15, -0.1) is 0 Å². The molecular formula is C20H30N2O6S. The standard InChI is InChI=1S/C20H30N2O6S/c1-20(2,3)28-19(25)21-17-9-11-22(12-10-17)29(26,27)14-16(18(23)24)13-15-7-5-4-6-8-15/h4-8,16-17H,9-14H2,1-3H3,(H,21,25)(H,23,24)/t16-/m0/s1. The molecule has 2 N–H and O–H groups in total. The number of ether oxygens (including phenoxy) is 1. The molecule has 0 unspecified atom stereocenters.